The second kappa shape index (κ2) is 15.4. The molecule has 0 radical (unpaired) electrons. The molecule has 0 fully saturated rings. The number of fused-ring (bicyclic) bond motifs is 1. The minimum Gasteiger partial charge on any atom is -0.497 e. The van der Waals surface area contributed by atoms with E-state index in [-0.39, 0.29) is 18.1 Å². The minimum atomic E-state index is -1.74. The van der Waals surface area contributed by atoms with Crippen molar-refractivity contribution < 1.29 is 23.2 Å². The van der Waals surface area contributed by atoms with Gasteiger partial charge in [-0.2, -0.15) is 0 Å². The van der Waals surface area contributed by atoms with E-state index in [1.165, 1.54) is 0 Å². The molecule has 4 aromatic carbocycles. The predicted octanol–water partition coefficient (Wildman–Crippen LogP) is 6.74. The normalized spacial score (nSPS) is 11.0. The topological polar surface area (TPSA) is 124 Å². The van der Waals surface area contributed by atoms with Gasteiger partial charge in [0.1, 0.15) is 17.2 Å². The van der Waals surface area contributed by atoms with Crippen LogP contribution in [0.25, 0.3) is 11.0 Å². The first kappa shape index (κ1) is 31.8. The smallest absolute Gasteiger partial charge is 0.228 e. The molecule has 1 aromatic heterocycles. The standard InChI is InChI=1S/C31H29N5O5S.C2H6/c1-39-23-16-22(17-24(19-23)40-2)33-30-31(35-27-13-6-5-12-26(27)34-30)36-42(38)25-11-8-10-21(18-25)32-29(37)15-20-9-4-7-14-28(20)41-3;1-2/h4-14,16-19H,15H2,1-3H3,(H,32,37)(H,33,34)(H,35,36);1-2H3. The van der Waals surface area contributed by atoms with Crippen LogP contribution in [0.5, 0.6) is 17.2 Å². The average Bonchev–Trinajstić information content (AvgIpc) is 3.06. The Morgan fingerprint density at radius 3 is 2.02 bits per heavy atom. The third-order valence-electron chi connectivity index (χ3n) is 6.25. The van der Waals surface area contributed by atoms with Crippen LogP contribution in [0, 0.1) is 0 Å². The number of nitrogens with zero attached hydrogens (tertiary/aromatic N) is 2. The second-order valence-corrected chi connectivity index (χ2v) is 10.3. The summed E-state index contributed by atoms with van der Waals surface area (Å²) >= 11 is 0. The lowest BCUT2D eigenvalue weighted by atomic mass is 10.1. The quantitative estimate of drug-likeness (QED) is 0.150. The Morgan fingerprint density at radius 2 is 1.36 bits per heavy atom. The molecule has 0 spiro atoms. The lowest BCUT2D eigenvalue weighted by Gasteiger charge is -2.15. The van der Waals surface area contributed by atoms with E-state index in [9.17, 15) is 9.00 Å². The van der Waals surface area contributed by atoms with Gasteiger partial charge in [-0.1, -0.05) is 50.2 Å². The minimum absolute atomic E-state index is 0.131. The van der Waals surface area contributed by atoms with Crippen LogP contribution in [0.3, 0.4) is 0 Å². The van der Waals surface area contributed by atoms with E-state index < -0.39 is 11.0 Å². The van der Waals surface area contributed by atoms with Crippen LogP contribution in [0.1, 0.15) is 19.4 Å². The lowest BCUT2D eigenvalue weighted by Crippen LogP contribution is -2.15. The van der Waals surface area contributed by atoms with E-state index in [4.69, 9.17) is 19.2 Å². The fourth-order valence-electron chi connectivity index (χ4n) is 4.24. The molecule has 3 N–H and O–H groups in total. The second-order valence-electron chi connectivity index (χ2n) is 9.07. The van der Waals surface area contributed by atoms with Crippen molar-refractivity contribution in [1.82, 2.24) is 9.97 Å². The predicted molar refractivity (Wildman–Crippen MR) is 176 cm³/mol. The number of benzene rings is 4. The van der Waals surface area contributed by atoms with Crippen molar-refractivity contribution in [3.05, 3.63) is 96.6 Å². The molecular weight excluding hydrogens is 578 g/mol. The third-order valence-corrected chi connectivity index (χ3v) is 7.31. The maximum absolute atomic E-state index is 13.5. The largest absolute Gasteiger partial charge is 0.497 e. The van der Waals surface area contributed by atoms with E-state index in [0.29, 0.717) is 50.4 Å². The Labute approximate surface area is 259 Å². The lowest BCUT2D eigenvalue weighted by molar-refractivity contribution is -0.115. The third kappa shape index (κ3) is 8.01. The highest BCUT2D eigenvalue weighted by molar-refractivity contribution is 7.86. The van der Waals surface area contributed by atoms with Gasteiger partial charge in [0.2, 0.25) is 5.91 Å². The first-order valence-corrected chi connectivity index (χ1v) is 15.1. The van der Waals surface area contributed by atoms with E-state index in [1.807, 2.05) is 62.4 Å². The number of hydrogen-bond acceptors (Lipinski definition) is 8. The zero-order valence-electron chi connectivity index (χ0n) is 25.2. The van der Waals surface area contributed by atoms with Gasteiger partial charge in [-0.25, -0.2) is 14.2 Å². The number of rotatable bonds is 11. The molecule has 11 heteroatoms. The van der Waals surface area contributed by atoms with Crippen molar-refractivity contribution in [1.29, 1.82) is 0 Å². The molecule has 1 amide bonds. The number of anilines is 4. The summed E-state index contributed by atoms with van der Waals surface area (Å²) < 4.78 is 32.6. The molecule has 1 unspecified atom stereocenters. The van der Waals surface area contributed by atoms with E-state index in [1.54, 1.807) is 63.8 Å². The van der Waals surface area contributed by atoms with Crippen LogP contribution >= 0.6 is 0 Å². The highest BCUT2D eigenvalue weighted by atomic mass is 32.2. The molecule has 228 valence electrons. The Morgan fingerprint density at radius 1 is 0.727 bits per heavy atom. The number of para-hydroxylation sites is 3. The first-order chi connectivity index (χ1) is 21.4. The number of aromatic nitrogens is 2. The number of carbonyl (C=O) groups is 1. The van der Waals surface area contributed by atoms with Gasteiger partial charge in [-0.05, 0) is 36.4 Å². The summed E-state index contributed by atoms with van der Waals surface area (Å²) in [5, 5.41) is 6.11. The van der Waals surface area contributed by atoms with Crippen LogP contribution in [0.15, 0.2) is 95.9 Å². The summed E-state index contributed by atoms with van der Waals surface area (Å²) in [7, 11) is 2.97. The highest BCUT2D eigenvalue weighted by Gasteiger charge is 2.15. The van der Waals surface area contributed by atoms with E-state index in [0.717, 1.165) is 5.56 Å². The molecule has 1 atom stereocenters. The molecule has 0 aliphatic heterocycles. The van der Waals surface area contributed by atoms with Crippen LogP contribution in [-0.2, 0) is 22.2 Å². The van der Waals surface area contributed by atoms with Crippen molar-refractivity contribution in [2.45, 2.75) is 25.2 Å². The van der Waals surface area contributed by atoms with Crippen LogP contribution in [0.2, 0.25) is 0 Å². The van der Waals surface area contributed by atoms with Crippen LogP contribution in [-0.4, -0.2) is 41.4 Å². The summed E-state index contributed by atoms with van der Waals surface area (Å²) in [6.45, 7) is 4.00. The molecule has 10 nitrogen and oxygen atoms in total. The van der Waals surface area contributed by atoms with Gasteiger partial charge in [0.05, 0.1) is 43.7 Å². The maximum atomic E-state index is 13.5. The Bertz CT molecular complexity index is 1740. The fraction of sp³-hybridized carbons (Fsp3) is 0.182. The molecule has 0 saturated heterocycles. The number of nitrogens with one attached hydrogen (secondary N) is 3. The SMILES string of the molecule is CC.COc1cc(Nc2nc3ccccc3nc2NS(=O)c2cccc(NC(=O)Cc3ccccc3OC)c2)cc(OC)c1. The Kier molecular flexibility index (Phi) is 11.1. The molecule has 44 heavy (non-hydrogen) atoms. The highest BCUT2D eigenvalue weighted by Crippen LogP contribution is 2.31. The molecule has 0 aliphatic rings. The van der Waals surface area contributed by atoms with Gasteiger partial charge in [0, 0.05) is 35.1 Å². The van der Waals surface area contributed by atoms with E-state index >= 15 is 0 Å². The number of ether oxygens (including phenoxy) is 3. The van der Waals surface area contributed by atoms with Crippen molar-refractivity contribution >= 4 is 50.9 Å². The monoisotopic (exact) mass is 613 g/mol. The zero-order chi connectivity index (χ0) is 31.5. The van der Waals surface area contributed by atoms with E-state index in [2.05, 4.69) is 20.3 Å². The summed E-state index contributed by atoms with van der Waals surface area (Å²) in [5.41, 5.74) is 3.20. The number of hydrogen-bond donors (Lipinski definition) is 3. The maximum Gasteiger partial charge on any atom is 0.228 e. The van der Waals surface area contributed by atoms with Crippen molar-refractivity contribution in [2.75, 3.05) is 36.7 Å². The van der Waals surface area contributed by atoms with Crippen molar-refractivity contribution in [3.8, 4) is 17.2 Å². The van der Waals surface area contributed by atoms with Crippen LogP contribution < -0.4 is 29.6 Å². The summed E-state index contributed by atoms with van der Waals surface area (Å²) in [6, 6.07) is 26.9. The Balaban J connectivity index is 0.00000216. The van der Waals surface area contributed by atoms with Crippen molar-refractivity contribution in [2.24, 2.45) is 0 Å². The summed E-state index contributed by atoms with van der Waals surface area (Å²) in [5.74, 6) is 2.23. The molecule has 0 aliphatic carbocycles. The van der Waals surface area contributed by atoms with Gasteiger partial charge in [0.25, 0.3) is 0 Å². The van der Waals surface area contributed by atoms with Gasteiger partial charge in [0.15, 0.2) is 22.6 Å². The Hall–Kier alpha value is -5.16. The molecule has 5 rings (SSSR count). The summed E-state index contributed by atoms with van der Waals surface area (Å²) in [6.07, 6.45) is 0.131. The molecule has 0 bridgehead atoms. The fourth-order valence-corrected chi connectivity index (χ4v) is 5.11. The molecular formula is C33H35N5O5S. The molecule has 5 aromatic rings. The summed E-state index contributed by atoms with van der Waals surface area (Å²) in [4.78, 5) is 22.6. The number of carbonyl (C=O) groups excluding carboxylic acids is 1. The number of amides is 1. The zero-order valence-corrected chi connectivity index (χ0v) is 26.0. The first-order valence-electron chi connectivity index (χ1n) is 13.9. The van der Waals surface area contributed by atoms with Gasteiger partial charge >= 0.3 is 0 Å². The number of methoxy groups -OCH3 is 3. The molecule has 1 heterocycles. The van der Waals surface area contributed by atoms with Gasteiger partial charge < -0.3 is 24.8 Å². The molecule has 0 saturated carbocycles. The van der Waals surface area contributed by atoms with Gasteiger partial charge in [-0.15, -0.1) is 0 Å². The average molecular weight is 614 g/mol. The van der Waals surface area contributed by atoms with Gasteiger partial charge in [-0.3, -0.25) is 9.52 Å². The van der Waals surface area contributed by atoms with Crippen LogP contribution in [0.4, 0.5) is 23.0 Å². The van der Waals surface area contributed by atoms with Crippen molar-refractivity contribution in [3.63, 3.8) is 0 Å².